The molecule has 1 aromatic carbocycles. The van der Waals surface area contributed by atoms with Gasteiger partial charge in [-0.2, -0.15) is 5.10 Å². The second kappa shape index (κ2) is 6.88. The maximum Gasteiger partial charge on any atom is 0.274 e. The number of nitrogens with zero attached hydrogens (tertiary/aromatic N) is 3. The summed E-state index contributed by atoms with van der Waals surface area (Å²) < 4.78 is 2.03. The Balaban J connectivity index is 1.67. The van der Waals surface area contributed by atoms with Gasteiger partial charge in [-0.05, 0) is 70.7 Å². The fraction of sp³-hybridized carbons (Fsp3) is 0.524. The van der Waals surface area contributed by atoms with Crippen LogP contribution in [0.3, 0.4) is 0 Å². The minimum atomic E-state index is 0.116. The summed E-state index contributed by atoms with van der Waals surface area (Å²) in [5, 5.41) is 8.05. The number of likely N-dealkylation sites (tertiary alicyclic amines) is 1. The molecule has 1 atom stereocenters. The standard InChI is InChI=1S/C21H28N4O/c1-14-7-8-18(15(2)11-14)25-19-6-4-5-17(19)20(23-25)21(26)24-10-9-16(13-24)12-22-3/h7-8,11,16,22H,4-6,9-10,12-13H2,1-3H3. The van der Waals surface area contributed by atoms with Gasteiger partial charge in [0, 0.05) is 24.3 Å². The van der Waals surface area contributed by atoms with E-state index in [1.54, 1.807) is 0 Å². The number of aromatic nitrogens is 2. The fourth-order valence-corrected chi connectivity index (χ4v) is 4.47. The molecule has 5 nitrogen and oxygen atoms in total. The van der Waals surface area contributed by atoms with E-state index in [-0.39, 0.29) is 5.91 Å². The fourth-order valence-electron chi connectivity index (χ4n) is 4.47. The highest BCUT2D eigenvalue weighted by Gasteiger charge is 2.33. The predicted octanol–water partition coefficient (Wildman–Crippen LogP) is 2.66. The van der Waals surface area contributed by atoms with Crippen LogP contribution in [0.1, 0.15) is 45.7 Å². The van der Waals surface area contributed by atoms with E-state index in [0.29, 0.717) is 11.6 Å². The molecule has 1 aliphatic carbocycles. The van der Waals surface area contributed by atoms with Crippen molar-refractivity contribution in [2.75, 3.05) is 26.7 Å². The molecular weight excluding hydrogens is 324 g/mol. The maximum atomic E-state index is 13.2. The minimum Gasteiger partial charge on any atom is -0.337 e. The van der Waals surface area contributed by atoms with Gasteiger partial charge in [0.15, 0.2) is 5.69 Å². The lowest BCUT2D eigenvalue weighted by Crippen LogP contribution is -2.31. The van der Waals surface area contributed by atoms with Crippen molar-refractivity contribution in [1.29, 1.82) is 0 Å². The van der Waals surface area contributed by atoms with E-state index in [2.05, 4.69) is 37.4 Å². The molecule has 1 fully saturated rings. The van der Waals surface area contributed by atoms with Crippen LogP contribution in [0.4, 0.5) is 0 Å². The molecular formula is C21H28N4O. The van der Waals surface area contributed by atoms with Crippen molar-refractivity contribution in [3.63, 3.8) is 0 Å². The Morgan fingerprint density at radius 2 is 2.15 bits per heavy atom. The molecule has 0 bridgehead atoms. The van der Waals surface area contributed by atoms with E-state index in [0.717, 1.165) is 51.0 Å². The van der Waals surface area contributed by atoms with Crippen LogP contribution in [-0.2, 0) is 12.8 Å². The molecule has 2 aromatic rings. The number of rotatable bonds is 4. The molecule has 5 heteroatoms. The van der Waals surface area contributed by atoms with Crippen molar-refractivity contribution in [2.24, 2.45) is 5.92 Å². The molecule has 138 valence electrons. The third-order valence-electron chi connectivity index (χ3n) is 5.78. The lowest BCUT2D eigenvalue weighted by Gasteiger charge is -2.16. The number of hydrogen-bond donors (Lipinski definition) is 1. The largest absolute Gasteiger partial charge is 0.337 e. The van der Waals surface area contributed by atoms with Gasteiger partial charge in [0.05, 0.1) is 5.69 Å². The number of carbonyl (C=O) groups excluding carboxylic acids is 1. The monoisotopic (exact) mass is 352 g/mol. The third kappa shape index (κ3) is 2.94. The molecule has 0 radical (unpaired) electrons. The van der Waals surface area contributed by atoms with Crippen molar-refractivity contribution in [1.82, 2.24) is 20.0 Å². The summed E-state index contributed by atoms with van der Waals surface area (Å²) in [6.07, 6.45) is 4.16. The molecule has 26 heavy (non-hydrogen) atoms. The minimum absolute atomic E-state index is 0.116. The zero-order valence-electron chi connectivity index (χ0n) is 16.0. The average Bonchev–Trinajstić information content (AvgIpc) is 3.31. The summed E-state index contributed by atoms with van der Waals surface area (Å²) >= 11 is 0. The van der Waals surface area contributed by atoms with Crippen LogP contribution in [0.5, 0.6) is 0 Å². The van der Waals surface area contributed by atoms with Crippen molar-refractivity contribution in [3.05, 3.63) is 46.3 Å². The van der Waals surface area contributed by atoms with E-state index < -0.39 is 0 Å². The number of amides is 1. The van der Waals surface area contributed by atoms with Crippen LogP contribution in [-0.4, -0.2) is 47.3 Å². The van der Waals surface area contributed by atoms with Crippen LogP contribution >= 0.6 is 0 Å². The summed E-state index contributed by atoms with van der Waals surface area (Å²) in [7, 11) is 1.98. The Labute approximate surface area is 155 Å². The van der Waals surface area contributed by atoms with E-state index in [9.17, 15) is 4.79 Å². The lowest BCUT2D eigenvalue weighted by atomic mass is 10.1. The molecule has 1 amide bonds. The first-order valence-corrected chi connectivity index (χ1v) is 9.70. The third-order valence-corrected chi connectivity index (χ3v) is 5.78. The van der Waals surface area contributed by atoms with E-state index >= 15 is 0 Å². The molecule has 4 rings (SSSR count). The molecule has 1 aliphatic heterocycles. The number of carbonyl (C=O) groups is 1. The number of nitrogens with one attached hydrogen (secondary N) is 1. The van der Waals surface area contributed by atoms with Gasteiger partial charge in [-0.3, -0.25) is 4.79 Å². The second-order valence-electron chi connectivity index (χ2n) is 7.79. The van der Waals surface area contributed by atoms with Gasteiger partial charge in [0.25, 0.3) is 5.91 Å². The first kappa shape index (κ1) is 17.3. The summed E-state index contributed by atoms with van der Waals surface area (Å²) in [5.74, 6) is 0.670. The Kier molecular flexibility index (Phi) is 4.57. The van der Waals surface area contributed by atoms with Crippen LogP contribution in [0, 0.1) is 19.8 Å². The normalized spacial score (nSPS) is 19.2. The Hall–Kier alpha value is -2.14. The van der Waals surface area contributed by atoms with Gasteiger partial charge >= 0.3 is 0 Å². The summed E-state index contributed by atoms with van der Waals surface area (Å²) in [5.41, 5.74) is 6.64. The van der Waals surface area contributed by atoms with Gasteiger partial charge in [-0.15, -0.1) is 0 Å². The molecule has 0 spiro atoms. The van der Waals surface area contributed by atoms with Crippen molar-refractivity contribution in [3.8, 4) is 5.69 Å². The van der Waals surface area contributed by atoms with Crippen molar-refractivity contribution in [2.45, 2.75) is 39.5 Å². The number of aryl methyl sites for hydroxylation is 2. The van der Waals surface area contributed by atoms with Gasteiger partial charge in [-0.1, -0.05) is 17.7 Å². The van der Waals surface area contributed by atoms with Gasteiger partial charge < -0.3 is 10.2 Å². The average molecular weight is 352 g/mol. The van der Waals surface area contributed by atoms with Crippen LogP contribution in [0.2, 0.25) is 0 Å². The summed E-state index contributed by atoms with van der Waals surface area (Å²) in [6.45, 7) is 6.88. The Bertz CT molecular complexity index is 839. The summed E-state index contributed by atoms with van der Waals surface area (Å²) in [4.78, 5) is 15.2. The smallest absolute Gasteiger partial charge is 0.274 e. The molecule has 0 saturated carbocycles. The highest BCUT2D eigenvalue weighted by molar-refractivity contribution is 5.94. The number of hydrogen-bond acceptors (Lipinski definition) is 3. The predicted molar refractivity (Wildman–Crippen MR) is 103 cm³/mol. The van der Waals surface area contributed by atoms with Gasteiger partial charge in [0.1, 0.15) is 0 Å². The molecule has 1 aromatic heterocycles. The van der Waals surface area contributed by atoms with Crippen molar-refractivity contribution < 1.29 is 4.79 Å². The maximum absolute atomic E-state index is 13.2. The van der Waals surface area contributed by atoms with Crippen LogP contribution < -0.4 is 5.32 Å². The van der Waals surface area contributed by atoms with Gasteiger partial charge in [0.2, 0.25) is 0 Å². The second-order valence-corrected chi connectivity index (χ2v) is 7.79. The van der Waals surface area contributed by atoms with E-state index in [1.165, 1.54) is 22.4 Å². The van der Waals surface area contributed by atoms with Crippen molar-refractivity contribution >= 4 is 5.91 Å². The quantitative estimate of drug-likeness (QED) is 0.920. The summed E-state index contributed by atoms with van der Waals surface area (Å²) in [6, 6.07) is 6.43. The van der Waals surface area contributed by atoms with Crippen LogP contribution in [0.15, 0.2) is 18.2 Å². The highest BCUT2D eigenvalue weighted by Crippen LogP contribution is 2.30. The number of benzene rings is 1. The number of fused-ring (bicyclic) bond motifs is 1. The Morgan fingerprint density at radius 3 is 2.92 bits per heavy atom. The SMILES string of the molecule is CNCC1CCN(C(=O)c2nn(-c3ccc(C)cc3C)c3c2CCC3)C1. The van der Waals surface area contributed by atoms with E-state index in [4.69, 9.17) is 5.10 Å². The molecule has 1 saturated heterocycles. The first-order chi connectivity index (χ1) is 12.6. The molecule has 2 heterocycles. The molecule has 1 unspecified atom stereocenters. The highest BCUT2D eigenvalue weighted by atomic mass is 16.2. The Morgan fingerprint density at radius 1 is 1.31 bits per heavy atom. The molecule has 1 N–H and O–H groups in total. The zero-order valence-corrected chi connectivity index (χ0v) is 16.0. The topological polar surface area (TPSA) is 50.2 Å². The molecule has 2 aliphatic rings. The van der Waals surface area contributed by atoms with Gasteiger partial charge in [-0.25, -0.2) is 4.68 Å². The van der Waals surface area contributed by atoms with Crippen LogP contribution in [0.25, 0.3) is 5.69 Å². The zero-order chi connectivity index (χ0) is 18.3. The van der Waals surface area contributed by atoms with E-state index in [1.807, 2.05) is 16.6 Å². The first-order valence-electron chi connectivity index (χ1n) is 9.70. The lowest BCUT2D eigenvalue weighted by molar-refractivity contribution is 0.0780.